The van der Waals surface area contributed by atoms with Gasteiger partial charge in [-0.1, -0.05) is 87.9 Å². The van der Waals surface area contributed by atoms with Crippen LogP contribution in [0.15, 0.2) is 54.9 Å². The molecule has 0 spiro atoms. The molecule has 6 heteroatoms. The van der Waals surface area contributed by atoms with Crippen LogP contribution in [0.25, 0.3) is 11.1 Å². The van der Waals surface area contributed by atoms with Gasteiger partial charge in [0.05, 0.1) is 12.1 Å². The van der Waals surface area contributed by atoms with Crippen molar-refractivity contribution in [2.24, 2.45) is 11.8 Å². The zero-order valence-electron chi connectivity index (χ0n) is 19.8. The summed E-state index contributed by atoms with van der Waals surface area (Å²) in [4.78, 5) is 28.9. The molecule has 2 atom stereocenters. The van der Waals surface area contributed by atoms with Gasteiger partial charge in [0.2, 0.25) is 11.6 Å². The van der Waals surface area contributed by atoms with E-state index >= 15 is 0 Å². The standard InChI is InChI=1S/C28H33N3O3/c1-2-3-4-8-20-9-7-10-23(17-20)26(32)27-29-19-31(30-27)18-21-13-15-22(16-14-21)24-11-5-6-12-25(24)28(33)34/h5-6,11-16,19-20,23H,2-4,7-10,17-18H2,1H3,(H,33,34). The fourth-order valence-corrected chi connectivity index (χ4v) is 5.04. The molecular weight excluding hydrogens is 426 g/mol. The second-order valence-corrected chi connectivity index (χ2v) is 9.40. The van der Waals surface area contributed by atoms with Crippen LogP contribution in [0.4, 0.5) is 0 Å². The minimum Gasteiger partial charge on any atom is -0.478 e. The van der Waals surface area contributed by atoms with Gasteiger partial charge in [-0.05, 0) is 41.5 Å². The van der Waals surface area contributed by atoms with E-state index in [1.54, 1.807) is 23.1 Å². The molecule has 0 aliphatic heterocycles. The smallest absolute Gasteiger partial charge is 0.336 e. The summed E-state index contributed by atoms with van der Waals surface area (Å²) in [6.45, 7) is 2.73. The summed E-state index contributed by atoms with van der Waals surface area (Å²) in [7, 11) is 0. The molecule has 0 bridgehead atoms. The summed E-state index contributed by atoms with van der Waals surface area (Å²) in [5, 5.41) is 13.9. The molecule has 0 amide bonds. The molecule has 0 radical (unpaired) electrons. The summed E-state index contributed by atoms with van der Waals surface area (Å²) >= 11 is 0. The number of rotatable bonds is 10. The van der Waals surface area contributed by atoms with E-state index in [1.165, 1.54) is 32.1 Å². The molecule has 1 heterocycles. The Morgan fingerprint density at radius 1 is 1.06 bits per heavy atom. The Balaban J connectivity index is 1.38. The number of benzene rings is 2. The quantitative estimate of drug-likeness (QED) is 0.286. The maximum atomic E-state index is 13.0. The van der Waals surface area contributed by atoms with E-state index < -0.39 is 5.97 Å². The van der Waals surface area contributed by atoms with E-state index in [2.05, 4.69) is 17.0 Å². The molecule has 178 valence electrons. The van der Waals surface area contributed by atoms with Gasteiger partial charge in [0.15, 0.2) is 0 Å². The van der Waals surface area contributed by atoms with Crippen molar-refractivity contribution >= 4 is 11.8 Å². The Labute approximate surface area is 201 Å². The fourth-order valence-electron chi connectivity index (χ4n) is 5.04. The van der Waals surface area contributed by atoms with Gasteiger partial charge in [0, 0.05) is 5.92 Å². The molecular formula is C28H33N3O3. The zero-order valence-corrected chi connectivity index (χ0v) is 19.8. The molecule has 34 heavy (non-hydrogen) atoms. The Bertz CT molecular complexity index is 1120. The molecule has 1 N–H and O–H groups in total. The predicted molar refractivity (Wildman–Crippen MR) is 132 cm³/mol. The van der Waals surface area contributed by atoms with Crippen LogP contribution in [0, 0.1) is 11.8 Å². The van der Waals surface area contributed by atoms with Crippen molar-refractivity contribution in [3.8, 4) is 11.1 Å². The number of hydrogen-bond donors (Lipinski definition) is 1. The molecule has 1 aliphatic carbocycles. The van der Waals surface area contributed by atoms with E-state index in [4.69, 9.17) is 0 Å². The van der Waals surface area contributed by atoms with E-state index in [0.29, 0.717) is 23.9 Å². The average Bonchev–Trinajstić information content (AvgIpc) is 3.33. The van der Waals surface area contributed by atoms with E-state index in [-0.39, 0.29) is 17.3 Å². The van der Waals surface area contributed by atoms with Gasteiger partial charge in [-0.2, -0.15) is 0 Å². The number of ketones is 1. The number of carboxylic acids is 1. The van der Waals surface area contributed by atoms with Crippen molar-refractivity contribution in [2.75, 3.05) is 0 Å². The third-order valence-electron chi connectivity index (χ3n) is 6.89. The number of unbranched alkanes of at least 4 members (excludes halogenated alkanes) is 2. The highest BCUT2D eigenvalue weighted by atomic mass is 16.4. The van der Waals surface area contributed by atoms with Crippen molar-refractivity contribution < 1.29 is 14.7 Å². The summed E-state index contributed by atoms with van der Waals surface area (Å²) in [6.07, 6.45) is 10.9. The lowest BCUT2D eigenvalue weighted by molar-refractivity contribution is 0.0697. The minimum absolute atomic E-state index is 0.0461. The number of carbonyl (C=O) groups is 2. The Morgan fingerprint density at radius 2 is 1.85 bits per heavy atom. The first kappa shape index (κ1) is 23.9. The van der Waals surface area contributed by atoms with Gasteiger partial charge >= 0.3 is 5.97 Å². The van der Waals surface area contributed by atoms with E-state index in [9.17, 15) is 14.7 Å². The van der Waals surface area contributed by atoms with Crippen LogP contribution in [0.5, 0.6) is 0 Å². The third-order valence-corrected chi connectivity index (χ3v) is 6.89. The Kier molecular flexibility index (Phi) is 7.88. The van der Waals surface area contributed by atoms with Crippen molar-refractivity contribution in [1.29, 1.82) is 0 Å². The van der Waals surface area contributed by atoms with Gasteiger partial charge < -0.3 is 5.11 Å². The van der Waals surface area contributed by atoms with Gasteiger partial charge in [-0.15, -0.1) is 5.10 Å². The van der Waals surface area contributed by atoms with Crippen LogP contribution in [0.1, 0.15) is 84.8 Å². The molecule has 3 aromatic rings. The highest BCUT2D eigenvalue weighted by Gasteiger charge is 2.29. The molecule has 2 unspecified atom stereocenters. The summed E-state index contributed by atoms with van der Waals surface area (Å²) in [6, 6.07) is 14.7. The number of aromatic carboxylic acids is 1. The maximum Gasteiger partial charge on any atom is 0.336 e. The zero-order chi connectivity index (χ0) is 23.9. The van der Waals surface area contributed by atoms with Crippen molar-refractivity contribution in [2.45, 2.75) is 64.8 Å². The lowest BCUT2D eigenvalue weighted by Crippen LogP contribution is -2.24. The minimum atomic E-state index is -0.940. The van der Waals surface area contributed by atoms with Gasteiger partial charge in [-0.25, -0.2) is 14.5 Å². The summed E-state index contributed by atoms with van der Waals surface area (Å²) < 4.78 is 1.70. The Hall–Kier alpha value is -3.28. The molecule has 6 nitrogen and oxygen atoms in total. The molecule has 0 saturated heterocycles. The summed E-state index contributed by atoms with van der Waals surface area (Å²) in [5.74, 6) is 0.168. The fraction of sp³-hybridized carbons (Fsp3) is 0.429. The second-order valence-electron chi connectivity index (χ2n) is 9.40. The predicted octanol–water partition coefficient (Wildman–Crippen LogP) is 6.26. The number of Topliss-reactive ketones (excluding diaryl/α,β-unsaturated/α-hetero) is 1. The SMILES string of the molecule is CCCCCC1CCCC(C(=O)c2ncn(Cc3ccc(-c4ccccc4C(=O)O)cc3)n2)C1. The first-order chi connectivity index (χ1) is 16.5. The van der Waals surface area contributed by atoms with Gasteiger partial charge in [0.25, 0.3) is 0 Å². The van der Waals surface area contributed by atoms with Gasteiger partial charge in [-0.3, -0.25) is 4.79 Å². The second kappa shape index (κ2) is 11.2. The molecule has 2 aromatic carbocycles. The number of hydrogen-bond acceptors (Lipinski definition) is 4. The highest BCUT2D eigenvalue weighted by molar-refractivity contribution is 5.96. The monoisotopic (exact) mass is 459 g/mol. The van der Waals surface area contributed by atoms with Crippen molar-refractivity contribution in [1.82, 2.24) is 14.8 Å². The number of nitrogens with zero attached hydrogens (tertiary/aromatic N) is 3. The first-order valence-electron chi connectivity index (χ1n) is 12.4. The maximum absolute atomic E-state index is 13.0. The molecule has 1 fully saturated rings. The highest BCUT2D eigenvalue weighted by Crippen LogP contribution is 2.34. The van der Waals surface area contributed by atoms with Crippen molar-refractivity contribution in [3.05, 3.63) is 71.8 Å². The largest absolute Gasteiger partial charge is 0.478 e. The third kappa shape index (κ3) is 5.79. The Morgan fingerprint density at radius 3 is 2.62 bits per heavy atom. The van der Waals surface area contributed by atoms with E-state index in [0.717, 1.165) is 30.4 Å². The first-order valence-corrected chi connectivity index (χ1v) is 12.4. The van der Waals surface area contributed by atoms with Crippen molar-refractivity contribution in [3.63, 3.8) is 0 Å². The number of aromatic nitrogens is 3. The molecule has 1 saturated carbocycles. The number of carboxylic acid groups (broad SMARTS) is 1. The van der Waals surface area contributed by atoms with Crippen LogP contribution in [-0.4, -0.2) is 31.6 Å². The topological polar surface area (TPSA) is 85.1 Å². The van der Waals surface area contributed by atoms with Crippen LogP contribution in [0.3, 0.4) is 0 Å². The van der Waals surface area contributed by atoms with Crippen LogP contribution < -0.4 is 0 Å². The molecule has 4 rings (SSSR count). The lowest BCUT2D eigenvalue weighted by atomic mass is 9.77. The number of carbonyl (C=O) groups excluding carboxylic acids is 1. The average molecular weight is 460 g/mol. The normalized spacial score (nSPS) is 18.0. The summed E-state index contributed by atoms with van der Waals surface area (Å²) in [5.41, 5.74) is 2.83. The van der Waals surface area contributed by atoms with Crippen LogP contribution >= 0.6 is 0 Å². The van der Waals surface area contributed by atoms with Crippen LogP contribution in [-0.2, 0) is 6.54 Å². The molecule has 1 aromatic heterocycles. The lowest BCUT2D eigenvalue weighted by Gasteiger charge is -2.27. The van der Waals surface area contributed by atoms with E-state index in [1.807, 2.05) is 36.4 Å². The molecule has 1 aliphatic rings. The van der Waals surface area contributed by atoms with Gasteiger partial charge in [0.1, 0.15) is 6.33 Å². The van der Waals surface area contributed by atoms with Crippen LogP contribution in [0.2, 0.25) is 0 Å².